The van der Waals surface area contributed by atoms with Crippen molar-refractivity contribution in [2.24, 2.45) is 11.8 Å². The number of hydrogen-bond acceptors (Lipinski definition) is 3. The first-order valence-corrected chi connectivity index (χ1v) is 8.95. The summed E-state index contributed by atoms with van der Waals surface area (Å²) in [6, 6.07) is 13.9. The molecule has 140 valence electrons. The van der Waals surface area contributed by atoms with E-state index < -0.39 is 5.97 Å². The first kappa shape index (κ1) is 18.6. The number of anilines is 2. The molecule has 6 nitrogen and oxygen atoms in total. The SMILES string of the molecule is CC1CC1C(=O)Nc1ccc(C(=O)Nc2ccc(CCC(=O)O)cc2)cc1. The molecule has 0 saturated heterocycles. The summed E-state index contributed by atoms with van der Waals surface area (Å²) in [5.41, 5.74) is 2.71. The van der Waals surface area contributed by atoms with Crippen LogP contribution in [0.25, 0.3) is 0 Å². The maximum Gasteiger partial charge on any atom is 0.303 e. The van der Waals surface area contributed by atoms with E-state index >= 15 is 0 Å². The standard InChI is InChI=1S/C21H22N2O4/c1-13-12-18(13)21(27)23-17-9-5-15(6-10-17)20(26)22-16-7-2-14(3-8-16)4-11-19(24)25/h2-3,5-10,13,18H,4,11-12H2,1H3,(H,22,26)(H,23,27)(H,24,25). The van der Waals surface area contributed by atoms with Crippen LogP contribution in [-0.2, 0) is 16.0 Å². The fourth-order valence-electron chi connectivity index (χ4n) is 2.84. The number of carboxylic acids is 1. The second kappa shape index (κ2) is 8.03. The van der Waals surface area contributed by atoms with Crippen LogP contribution in [0.1, 0.15) is 35.7 Å². The highest BCUT2D eigenvalue weighted by Gasteiger charge is 2.39. The fraction of sp³-hybridized carbons (Fsp3) is 0.286. The van der Waals surface area contributed by atoms with Crippen LogP contribution in [0.5, 0.6) is 0 Å². The molecule has 2 atom stereocenters. The lowest BCUT2D eigenvalue weighted by Crippen LogP contribution is -2.15. The zero-order chi connectivity index (χ0) is 19.4. The van der Waals surface area contributed by atoms with Gasteiger partial charge in [0.2, 0.25) is 5.91 Å². The first-order valence-electron chi connectivity index (χ1n) is 8.95. The van der Waals surface area contributed by atoms with Crippen LogP contribution in [0.4, 0.5) is 11.4 Å². The van der Waals surface area contributed by atoms with Gasteiger partial charge in [-0.3, -0.25) is 14.4 Å². The molecule has 0 radical (unpaired) electrons. The summed E-state index contributed by atoms with van der Waals surface area (Å²) >= 11 is 0. The monoisotopic (exact) mass is 366 g/mol. The van der Waals surface area contributed by atoms with Crippen LogP contribution in [0.3, 0.4) is 0 Å². The summed E-state index contributed by atoms with van der Waals surface area (Å²) in [5.74, 6) is -0.500. The van der Waals surface area contributed by atoms with E-state index in [9.17, 15) is 14.4 Å². The van der Waals surface area contributed by atoms with Gasteiger partial charge in [0.05, 0.1) is 0 Å². The number of nitrogens with one attached hydrogen (secondary N) is 2. The van der Waals surface area contributed by atoms with Crippen LogP contribution in [0, 0.1) is 11.8 Å². The molecule has 1 aliphatic rings. The Kier molecular flexibility index (Phi) is 5.54. The summed E-state index contributed by atoms with van der Waals surface area (Å²) in [6.45, 7) is 2.05. The van der Waals surface area contributed by atoms with Gasteiger partial charge in [0.25, 0.3) is 5.91 Å². The summed E-state index contributed by atoms with van der Waals surface area (Å²) in [5, 5.41) is 14.4. The number of carbonyl (C=O) groups excluding carboxylic acids is 2. The molecule has 0 spiro atoms. The average Bonchev–Trinajstić information content (AvgIpc) is 3.38. The van der Waals surface area contributed by atoms with Gasteiger partial charge in [-0.2, -0.15) is 0 Å². The van der Waals surface area contributed by atoms with Crippen molar-refractivity contribution in [1.82, 2.24) is 0 Å². The Morgan fingerprint density at radius 2 is 1.52 bits per heavy atom. The molecule has 0 bridgehead atoms. The Balaban J connectivity index is 1.54. The van der Waals surface area contributed by atoms with E-state index in [1.807, 2.05) is 0 Å². The Hall–Kier alpha value is -3.15. The Bertz CT molecular complexity index is 843. The smallest absolute Gasteiger partial charge is 0.303 e. The Morgan fingerprint density at radius 1 is 0.963 bits per heavy atom. The molecule has 1 saturated carbocycles. The third-order valence-corrected chi connectivity index (χ3v) is 4.70. The van der Waals surface area contributed by atoms with E-state index in [2.05, 4.69) is 17.6 Å². The van der Waals surface area contributed by atoms with Gasteiger partial charge in [0.1, 0.15) is 0 Å². The molecule has 0 aromatic heterocycles. The molecule has 2 amide bonds. The van der Waals surface area contributed by atoms with Gasteiger partial charge in [-0.25, -0.2) is 0 Å². The Morgan fingerprint density at radius 3 is 2.07 bits per heavy atom. The maximum absolute atomic E-state index is 12.3. The highest BCUT2D eigenvalue weighted by atomic mass is 16.4. The molecule has 0 heterocycles. The largest absolute Gasteiger partial charge is 0.481 e. The van der Waals surface area contributed by atoms with E-state index in [1.54, 1.807) is 48.5 Å². The van der Waals surface area contributed by atoms with Crippen LogP contribution in [-0.4, -0.2) is 22.9 Å². The van der Waals surface area contributed by atoms with Crippen molar-refractivity contribution in [2.75, 3.05) is 10.6 Å². The van der Waals surface area contributed by atoms with Crippen molar-refractivity contribution in [3.8, 4) is 0 Å². The van der Waals surface area contributed by atoms with Crippen molar-refractivity contribution < 1.29 is 19.5 Å². The third-order valence-electron chi connectivity index (χ3n) is 4.70. The highest BCUT2D eigenvalue weighted by Crippen LogP contribution is 2.38. The molecule has 1 fully saturated rings. The minimum atomic E-state index is -0.835. The van der Waals surface area contributed by atoms with Gasteiger partial charge in [0, 0.05) is 29.3 Å². The molecular formula is C21H22N2O4. The van der Waals surface area contributed by atoms with Crippen molar-refractivity contribution in [3.63, 3.8) is 0 Å². The predicted octanol–water partition coefficient (Wildman–Crippen LogP) is 3.55. The van der Waals surface area contributed by atoms with E-state index in [4.69, 9.17) is 5.11 Å². The van der Waals surface area contributed by atoms with Crippen LogP contribution in [0.15, 0.2) is 48.5 Å². The summed E-state index contributed by atoms with van der Waals surface area (Å²) in [7, 11) is 0. The minimum Gasteiger partial charge on any atom is -0.481 e. The van der Waals surface area contributed by atoms with Crippen molar-refractivity contribution >= 4 is 29.2 Å². The summed E-state index contributed by atoms with van der Waals surface area (Å²) in [6.07, 6.45) is 1.46. The number of rotatable bonds is 7. The first-order chi connectivity index (χ1) is 12.9. The van der Waals surface area contributed by atoms with Crippen LogP contribution >= 0.6 is 0 Å². The zero-order valence-electron chi connectivity index (χ0n) is 15.1. The molecular weight excluding hydrogens is 344 g/mol. The molecule has 2 aromatic carbocycles. The minimum absolute atomic E-state index is 0.0303. The second-order valence-corrected chi connectivity index (χ2v) is 6.93. The number of carboxylic acid groups (broad SMARTS) is 1. The van der Waals surface area contributed by atoms with Gasteiger partial charge in [-0.1, -0.05) is 19.1 Å². The average molecular weight is 366 g/mol. The molecule has 1 aliphatic carbocycles. The zero-order valence-corrected chi connectivity index (χ0v) is 15.1. The molecule has 0 aliphatic heterocycles. The molecule has 3 rings (SSSR count). The van der Waals surface area contributed by atoms with Gasteiger partial charge in [-0.15, -0.1) is 0 Å². The maximum atomic E-state index is 12.3. The van der Waals surface area contributed by atoms with Gasteiger partial charge >= 0.3 is 5.97 Å². The lowest BCUT2D eigenvalue weighted by atomic mass is 10.1. The number of aliphatic carboxylic acids is 1. The normalized spacial score (nSPS) is 17.8. The summed E-state index contributed by atoms with van der Waals surface area (Å²) in [4.78, 5) is 34.9. The highest BCUT2D eigenvalue weighted by molar-refractivity contribution is 6.04. The lowest BCUT2D eigenvalue weighted by molar-refractivity contribution is -0.137. The van der Waals surface area contributed by atoms with Gasteiger partial charge < -0.3 is 15.7 Å². The van der Waals surface area contributed by atoms with E-state index in [0.717, 1.165) is 12.0 Å². The number of carbonyl (C=O) groups is 3. The number of benzene rings is 2. The van der Waals surface area contributed by atoms with Gasteiger partial charge in [0.15, 0.2) is 0 Å². The topological polar surface area (TPSA) is 95.5 Å². The number of amides is 2. The number of hydrogen-bond donors (Lipinski definition) is 3. The molecule has 6 heteroatoms. The third kappa shape index (κ3) is 5.17. The lowest BCUT2D eigenvalue weighted by Gasteiger charge is -2.08. The van der Waals surface area contributed by atoms with Crippen molar-refractivity contribution in [3.05, 3.63) is 59.7 Å². The fourth-order valence-corrected chi connectivity index (χ4v) is 2.84. The predicted molar refractivity (Wildman–Crippen MR) is 103 cm³/mol. The quantitative estimate of drug-likeness (QED) is 0.698. The van der Waals surface area contributed by atoms with Crippen molar-refractivity contribution in [2.45, 2.75) is 26.2 Å². The van der Waals surface area contributed by atoms with E-state index in [-0.39, 0.29) is 24.2 Å². The van der Waals surface area contributed by atoms with E-state index in [1.165, 1.54) is 0 Å². The second-order valence-electron chi connectivity index (χ2n) is 6.93. The van der Waals surface area contributed by atoms with Gasteiger partial charge in [-0.05, 0) is 60.7 Å². The summed E-state index contributed by atoms with van der Waals surface area (Å²) < 4.78 is 0. The molecule has 2 unspecified atom stereocenters. The molecule has 27 heavy (non-hydrogen) atoms. The van der Waals surface area contributed by atoms with Crippen LogP contribution in [0.2, 0.25) is 0 Å². The Labute approximate surface area is 157 Å². The van der Waals surface area contributed by atoms with Crippen LogP contribution < -0.4 is 10.6 Å². The van der Waals surface area contributed by atoms with Crippen molar-refractivity contribution in [1.29, 1.82) is 0 Å². The number of aryl methyl sites for hydroxylation is 1. The van der Waals surface area contributed by atoms with E-state index in [0.29, 0.717) is 29.3 Å². The molecule has 3 N–H and O–H groups in total. The molecule has 2 aromatic rings.